The average molecular weight is 585 g/mol. The van der Waals surface area contributed by atoms with E-state index >= 15 is 0 Å². The second kappa shape index (κ2) is 9.17. The van der Waals surface area contributed by atoms with Crippen LogP contribution in [-0.4, -0.2) is 58.2 Å². The predicted molar refractivity (Wildman–Crippen MR) is 139 cm³/mol. The summed E-state index contributed by atoms with van der Waals surface area (Å²) in [6.45, 7) is 3.70. The van der Waals surface area contributed by atoms with E-state index in [-0.39, 0.29) is 16.6 Å². The second-order valence-corrected chi connectivity index (χ2v) is 13.9. The van der Waals surface area contributed by atoms with E-state index in [9.17, 15) is 32.6 Å². The second-order valence-electron chi connectivity index (χ2n) is 9.20. The molecule has 0 spiro atoms. The molecule has 5 heterocycles. The van der Waals surface area contributed by atoms with Crippen molar-refractivity contribution in [2.75, 3.05) is 0 Å². The van der Waals surface area contributed by atoms with Gasteiger partial charge < -0.3 is 0 Å². The molecule has 3 aromatic heterocycles. The van der Waals surface area contributed by atoms with Gasteiger partial charge in [0.1, 0.15) is 23.3 Å². The Morgan fingerprint density at radius 3 is 2.14 bits per heavy atom. The molecule has 5 atom stereocenters. The van der Waals surface area contributed by atoms with Gasteiger partial charge in [0, 0.05) is 33.5 Å². The van der Waals surface area contributed by atoms with Crippen LogP contribution in [0, 0.1) is 0 Å². The Morgan fingerprint density at radius 2 is 1.57 bits per heavy atom. The molecule has 0 aliphatic carbocycles. The lowest BCUT2D eigenvalue weighted by Gasteiger charge is -2.36. The first kappa shape index (κ1) is 26.3. The standard InChI is InChI=1S/C23H23N2O8S4/c1-13-5-6-14(2)24(13,23(28)33-25(29)20(26)12-19(22(25)27)37(30,31)32)21-10-9-18(36-21)17-8-7-16(35-17)15-4-3-11-34-15/h3-4,7-11,13-14,19,29H,5-6,12H2,1-2H3/q+1/p+1/t13-,14?,19?,24?,25?/m1/s1. The average Bonchev–Trinajstić information content (AvgIpc) is 3.63. The van der Waals surface area contributed by atoms with E-state index in [1.807, 2.05) is 49.6 Å². The van der Waals surface area contributed by atoms with E-state index in [2.05, 4.69) is 0 Å². The Hall–Kier alpha value is -2.30. The molecule has 10 nitrogen and oxygen atoms in total. The van der Waals surface area contributed by atoms with Gasteiger partial charge in [-0.3, -0.25) is 4.55 Å². The minimum absolute atomic E-state index is 0.309. The van der Waals surface area contributed by atoms with Crippen LogP contribution in [0.3, 0.4) is 0 Å². The minimum Gasteiger partial charge on any atom is -0.285 e. The van der Waals surface area contributed by atoms with Crippen LogP contribution in [0.25, 0.3) is 19.5 Å². The van der Waals surface area contributed by atoms with Crippen LogP contribution in [0.5, 0.6) is 0 Å². The van der Waals surface area contributed by atoms with E-state index in [1.165, 1.54) is 11.3 Å². The zero-order valence-corrected chi connectivity index (χ0v) is 23.0. The van der Waals surface area contributed by atoms with Crippen LogP contribution in [0.1, 0.15) is 33.1 Å². The number of quaternary nitrogens is 2. The van der Waals surface area contributed by atoms with Crippen LogP contribution in [0.15, 0.2) is 41.8 Å². The topological polar surface area (TPSA) is 135 Å². The number of amides is 3. The summed E-state index contributed by atoms with van der Waals surface area (Å²) in [5, 5.41) is 11.1. The molecule has 3 aromatic rings. The molecule has 37 heavy (non-hydrogen) atoms. The fraction of sp³-hybridized carbons (Fsp3) is 0.348. The van der Waals surface area contributed by atoms with Crippen LogP contribution in [0.2, 0.25) is 0 Å². The van der Waals surface area contributed by atoms with Gasteiger partial charge in [0.15, 0.2) is 5.00 Å². The Balaban J connectivity index is 1.50. The molecule has 3 amide bonds. The molecular formula is C23H24N2O8S4+2. The number of thiophene rings is 3. The van der Waals surface area contributed by atoms with Gasteiger partial charge in [-0.25, -0.2) is 9.59 Å². The van der Waals surface area contributed by atoms with Crippen molar-refractivity contribution in [2.45, 2.75) is 50.4 Å². The van der Waals surface area contributed by atoms with Gasteiger partial charge >= 0.3 is 17.9 Å². The third kappa shape index (κ3) is 4.12. The van der Waals surface area contributed by atoms with Crippen LogP contribution < -0.4 is 4.48 Å². The van der Waals surface area contributed by atoms with Crippen molar-refractivity contribution in [1.29, 1.82) is 0 Å². The Bertz CT molecular complexity index is 1480. The van der Waals surface area contributed by atoms with Crippen LogP contribution in [0.4, 0.5) is 9.80 Å². The Labute approximate surface area is 224 Å². The summed E-state index contributed by atoms with van der Waals surface area (Å²) in [4.78, 5) is 45.8. The minimum atomic E-state index is -4.98. The summed E-state index contributed by atoms with van der Waals surface area (Å²) in [6, 6.07) is 11.2. The first-order valence-corrected chi connectivity index (χ1v) is 15.4. The first-order chi connectivity index (χ1) is 17.4. The van der Waals surface area contributed by atoms with E-state index in [4.69, 9.17) is 4.84 Å². The highest BCUT2D eigenvalue weighted by Gasteiger charge is 2.68. The lowest BCUT2D eigenvalue weighted by Crippen LogP contribution is -2.65. The molecular weight excluding hydrogens is 561 g/mol. The highest BCUT2D eigenvalue weighted by Crippen LogP contribution is 2.48. The maximum atomic E-state index is 13.8. The van der Waals surface area contributed by atoms with Crippen molar-refractivity contribution in [2.24, 2.45) is 0 Å². The molecule has 196 valence electrons. The molecule has 2 aliphatic rings. The first-order valence-electron chi connectivity index (χ1n) is 11.4. The molecule has 2 aliphatic heterocycles. The molecule has 4 unspecified atom stereocenters. The van der Waals surface area contributed by atoms with E-state index < -0.39 is 44.5 Å². The van der Waals surface area contributed by atoms with E-state index in [0.29, 0.717) is 17.8 Å². The number of imide groups is 1. The van der Waals surface area contributed by atoms with Crippen molar-refractivity contribution >= 4 is 67.0 Å². The maximum Gasteiger partial charge on any atom is 0.575 e. The van der Waals surface area contributed by atoms with Crippen LogP contribution >= 0.6 is 34.0 Å². The number of hydroxylamine groups is 4. The summed E-state index contributed by atoms with van der Waals surface area (Å²) >= 11 is 4.65. The monoisotopic (exact) mass is 584 g/mol. The van der Waals surface area contributed by atoms with Gasteiger partial charge in [-0.1, -0.05) is 17.4 Å². The van der Waals surface area contributed by atoms with E-state index in [0.717, 1.165) is 19.5 Å². The van der Waals surface area contributed by atoms with Crippen molar-refractivity contribution < 1.29 is 42.2 Å². The summed E-state index contributed by atoms with van der Waals surface area (Å²) < 4.78 is 32.0. The van der Waals surface area contributed by atoms with Crippen molar-refractivity contribution in [3.63, 3.8) is 0 Å². The molecule has 0 aromatic carbocycles. The van der Waals surface area contributed by atoms with Crippen molar-refractivity contribution in [1.82, 2.24) is 4.48 Å². The lowest BCUT2D eigenvalue weighted by molar-refractivity contribution is -1.12. The molecule has 14 heteroatoms. The number of hydrogen-bond donors (Lipinski definition) is 2. The fourth-order valence-corrected chi connectivity index (χ4v) is 9.10. The van der Waals surface area contributed by atoms with Gasteiger partial charge in [0.25, 0.3) is 10.1 Å². The van der Waals surface area contributed by atoms with Crippen molar-refractivity contribution in [3.05, 3.63) is 41.8 Å². The number of hydrogen-bond acceptors (Lipinski definition) is 10. The molecule has 2 N–H and O–H groups in total. The zero-order chi connectivity index (χ0) is 26.8. The van der Waals surface area contributed by atoms with Crippen LogP contribution in [-0.2, 0) is 24.5 Å². The van der Waals surface area contributed by atoms with Gasteiger partial charge in [-0.15, -0.1) is 22.7 Å². The molecule has 0 saturated carbocycles. The van der Waals surface area contributed by atoms with Crippen molar-refractivity contribution in [3.8, 4) is 19.5 Å². The lowest BCUT2D eigenvalue weighted by atomic mass is 10.2. The van der Waals surface area contributed by atoms with Gasteiger partial charge in [-0.2, -0.15) is 27.7 Å². The summed E-state index contributed by atoms with van der Waals surface area (Å²) in [5.74, 6) is -2.96. The quantitative estimate of drug-likeness (QED) is 0.184. The summed E-state index contributed by atoms with van der Waals surface area (Å²) in [6.07, 6.45) is -0.755. The zero-order valence-electron chi connectivity index (χ0n) is 19.8. The molecule has 2 saturated heterocycles. The maximum absolute atomic E-state index is 13.8. The summed E-state index contributed by atoms with van der Waals surface area (Å²) in [7, 11) is -4.98. The number of rotatable bonds is 5. The van der Waals surface area contributed by atoms with Gasteiger partial charge in [0.2, 0.25) is 5.25 Å². The smallest absolute Gasteiger partial charge is 0.285 e. The third-order valence-electron chi connectivity index (χ3n) is 7.11. The summed E-state index contributed by atoms with van der Waals surface area (Å²) in [5.41, 5.74) is 0. The van der Waals surface area contributed by atoms with Gasteiger partial charge in [-0.05, 0) is 43.5 Å². The number of carbonyl (C=O) groups excluding carboxylic acids is 3. The third-order valence-corrected chi connectivity index (χ3v) is 11.7. The SMILES string of the molecule is CC1CC[C@@H](C)[N+]1(C(=O)O[N+]1(O)C(=O)CC(S(=O)(=O)O)C1=O)c1ccc(-c2ccc(-c3cccs3)s2)s1. The highest BCUT2D eigenvalue weighted by molar-refractivity contribution is 7.87. The number of nitrogens with zero attached hydrogens (tertiary/aromatic N) is 2. The number of likely N-dealkylation sites (tertiary alicyclic amines) is 1. The molecule has 2 fully saturated rings. The Kier molecular flexibility index (Phi) is 6.52. The van der Waals surface area contributed by atoms with Gasteiger partial charge in [0.05, 0.1) is 4.88 Å². The normalized spacial score (nSPS) is 30.2. The largest absolute Gasteiger partial charge is 0.575 e. The Morgan fingerprint density at radius 1 is 0.973 bits per heavy atom. The molecule has 0 bridgehead atoms. The molecule has 0 radical (unpaired) electrons. The molecule has 5 rings (SSSR count). The van der Waals surface area contributed by atoms with E-state index in [1.54, 1.807) is 28.7 Å². The highest BCUT2D eigenvalue weighted by atomic mass is 32.2. The number of carbonyl (C=O) groups is 3. The fourth-order valence-electron chi connectivity index (χ4n) is 5.09. The predicted octanol–water partition coefficient (Wildman–Crippen LogP) is 5.05.